The largest absolute Gasteiger partial charge is 0.490 e. The van der Waals surface area contributed by atoms with Crippen molar-refractivity contribution in [3.8, 4) is 17.2 Å². The third-order valence-electron chi connectivity index (χ3n) is 4.48. The lowest BCUT2D eigenvalue weighted by molar-refractivity contribution is 0.229. The quantitative estimate of drug-likeness (QED) is 0.775. The summed E-state index contributed by atoms with van der Waals surface area (Å²) < 4.78 is 12.0. The van der Waals surface area contributed by atoms with Gasteiger partial charge in [-0.2, -0.15) is 0 Å². The minimum Gasteiger partial charge on any atom is -0.490 e. The van der Waals surface area contributed by atoms with Crippen LogP contribution >= 0.6 is 0 Å². The fourth-order valence-corrected chi connectivity index (χ4v) is 3.04. The highest BCUT2D eigenvalue weighted by Gasteiger charge is 2.20. The monoisotopic (exact) mass is 311 g/mol. The van der Waals surface area contributed by atoms with Crippen LogP contribution in [0.15, 0.2) is 48.5 Å². The fourth-order valence-electron chi connectivity index (χ4n) is 3.04. The van der Waals surface area contributed by atoms with Gasteiger partial charge in [-0.3, -0.25) is 0 Å². The summed E-state index contributed by atoms with van der Waals surface area (Å²) in [6.45, 7) is 4.00. The van der Waals surface area contributed by atoms with Crippen molar-refractivity contribution in [1.29, 1.82) is 0 Å². The van der Waals surface area contributed by atoms with Gasteiger partial charge < -0.3 is 14.4 Å². The summed E-state index contributed by atoms with van der Waals surface area (Å²) in [6.07, 6.45) is 3.64. The zero-order chi connectivity index (χ0) is 16.1. The second-order valence-corrected chi connectivity index (χ2v) is 6.28. The highest BCUT2D eigenvalue weighted by molar-refractivity contribution is 5.43. The molecular formula is C20H25NO2. The summed E-state index contributed by atoms with van der Waals surface area (Å²) in [5.41, 5.74) is 1.22. The van der Waals surface area contributed by atoms with Crippen molar-refractivity contribution < 1.29 is 9.47 Å². The van der Waals surface area contributed by atoms with Crippen LogP contribution in [0.2, 0.25) is 0 Å². The third-order valence-corrected chi connectivity index (χ3v) is 4.48. The molecule has 23 heavy (non-hydrogen) atoms. The van der Waals surface area contributed by atoms with Gasteiger partial charge in [0.1, 0.15) is 5.75 Å². The zero-order valence-corrected chi connectivity index (χ0v) is 14.0. The highest BCUT2D eigenvalue weighted by Crippen LogP contribution is 2.31. The fraction of sp³-hybridized carbons (Fsp3) is 0.400. The molecule has 2 aromatic carbocycles. The lowest BCUT2D eigenvalue weighted by Crippen LogP contribution is -2.26. The first-order valence-electron chi connectivity index (χ1n) is 8.39. The molecule has 0 radical (unpaired) electrons. The lowest BCUT2D eigenvalue weighted by Gasteiger charge is -2.19. The Bertz CT molecular complexity index is 624. The van der Waals surface area contributed by atoms with Crippen LogP contribution in [0, 0.1) is 6.92 Å². The summed E-state index contributed by atoms with van der Waals surface area (Å²) in [6, 6.07) is 16.6. The molecule has 1 fully saturated rings. The molecule has 0 aliphatic carbocycles. The maximum atomic E-state index is 5.99. The summed E-state index contributed by atoms with van der Waals surface area (Å²) in [7, 11) is 2.20. The number of benzene rings is 2. The molecule has 0 amide bonds. The van der Waals surface area contributed by atoms with Gasteiger partial charge in [0.05, 0.1) is 6.61 Å². The first-order valence-corrected chi connectivity index (χ1v) is 8.39. The second-order valence-electron chi connectivity index (χ2n) is 6.28. The van der Waals surface area contributed by atoms with Gasteiger partial charge in [-0.25, -0.2) is 0 Å². The van der Waals surface area contributed by atoms with Crippen LogP contribution in [-0.2, 0) is 0 Å². The van der Waals surface area contributed by atoms with Crippen LogP contribution in [0.5, 0.6) is 17.2 Å². The van der Waals surface area contributed by atoms with E-state index in [4.69, 9.17) is 9.47 Å². The first kappa shape index (κ1) is 15.9. The molecular weight excluding hydrogens is 286 g/mol. The predicted octanol–water partition coefficient (Wildman–Crippen LogP) is 4.65. The van der Waals surface area contributed by atoms with Gasteiger partial charge in [-0.15, -0.1) is 0 Å². The van der Waals surface area contributed by atoms with Crippen LogP contribution in [0.25, 0.3) is 0 Å². The maximum absolute atomic E-state index is 5.99. The van der Waals surface area contributed by atoms with Gasteiger partial charge in [0.25, 0.3) is 0 Å². The van der Waals surface area contributed by atoms with Crippen molar-refractivity contribution in [1.82, 2.24) is 4.90 Å². The molecule has 3 heteroatoms. The Kier molecular flexibility index (Phi) is 5.19. The minimum absolute atomic E-state index is 0.653. The molecule has 0 saturated carbocycles. The number of para-hydroxylation sites is 2. The zero-order valence-electron chi connectivity index (χ0n) is 14.0. The van der Waals surface area contributed by atoms with Crippen LogP contribution < -0.4 is 9.47 Å². The van der Waals surface area contributed by atoms with Crippen LogP contribution in [0.3, 0.4) is 0 Å². The molecule has 1 aliphatic rings. The third kappa shape index (κ3) is 4.26. The Balaban J connectivity index is 1.60. The van der Waals surface area contributed by atoms with Crippen LogP contribution in [0.1, 0.15) is 24.8 Å². The molecule has 2 aromatic rings. The van der Waals surface area contributed by atoms with Gasteiger partial charge in [-0.1, -0.05) is 29.8 Å². The van der Waals surface area contributed by atoms with E-state index < -0.39 is 0 Å². The molecule has 1 atom stereocenters. The van der Waals surface area contributed by atoms with E-state index in [1.165, 1.54) is 24.9 Å². The van der Waals surface area contributed by atoms with E-state index in [-0.39, 0.29) is 0 Å². The Labute approximate surface area is 138 Å². The normalized spacial score (nSPS) is 18.1. The molecule has 0 spiro atoms. The first-order chi connectivity index (χ1) is 11.2. The van der Waals surface area contributed by atoms with Gasteiger partial charge in [-0.05, 0) is 64.0 Å². The summed E-state index contributed by atoms with van der Waals surface area (Å²) in [4.78, 5) is 2.43. The SMILES string of the molecule is Cc1ccc(Oc2ccccc2OCCC2CCCN2C)cc1. The van der Waals surface area contributed by atoms with Crippen molar-refractivity contribution in [2.24, 2.45) is 0 Å². The number of nitrogens with zero attached hydrogens (tertiary/aromatic N) is 1. The van der Waals surface area contributed by atoms with E-state index in [1.54, 1.807) is 0 Å². The molecule has 1 aliphatic heterocycles. The molecule has 0 N–H and O–H groups in total. The van der Waals surface area contributed by atoms with E-state index in [0.29, 0.717) is 6.04 Å². The summed E-state index contributed by atoms with van der Waals surface area (Å²) >= 11 is 0. The Morgan fingerprint density at radius 2 is 1.78 bits per heavy atom. The van der Waals surface area contributed by atoms with Crippen LogP contribution in [-0.4, -0.2) is 31.1 Å². The highest BCUT2D eigenvalue weighted by atomic mass is 16.5. The van der Waals surface area contributed by atoms with E-state index >= 15 is 0 Å². The Morgan fingerprint density at radius 1 is 1.04 bits per heavy atom. The number of hydrogen-bond acceptors (Lipinski definition) is 3. The van der Waals surface area contributed by atoms with Crippen molar-refractivity contribution in [3.05, 3.63) is 54.1 Å². The maximum Gasteiger partial charge on any atom is 0.169 e. The summed E-state index contributed by atoms with van der Waals surface area (Å²) in [5, 5.41) is 0. The minimum atomic E-state index is 0.653. The summed E-state index contributed by atoms with van der Waals surface area (Å²) in [5.74, 6) is 2.42. The Hall–Kier alpha value is -2.00. The van der Waals surface area contributed by atoms with E-state index in [9.17, 15) is 0 Å². The van der Waals surface area contributed by atoms with Gasteiger partial charge in [0.15, 0.2) is 11.5 Å². The van der Waals surface area contributed by atoms with E-state index in [1.807, 2.05) is 36.4 Å². The van der Waals surface area contributed by atoms with Crippen molar-refractivity contribution in [2.75, 3.05) is 20.2 Å². The number of likely N-dealkylation sites (tertiary alicyclic amines) is 1. The number of hydrogen-bond donors (Lipinski definition) is 0. The average Bonchev–Trinajstić information content (AvgIpc) is 2.96. The predicted molar refractivity (Wildman–Crippen MR) is 93.5 cm³/mol. The van der Waals surface area contributed by atoms with Crippen molar-refractivity contribution in [2.45, 2.75) is 32.2 Å². The average molecular weight is 311 g/mol. The molecule has 0 aromatic heterocycles. The lowest BCUT2D eigenvalue weighted by atomic mass is 10.1. The molecule has 1 heterocycles. The molecule has 1 unspecified atom stereocenters. The molecule has 0 bridgehead atoms. The number of ether oxygens (including phenoxy) is 2. The number of aryl methyl sites for hydroxylation is 1. The molecule has 3 rings (SSSR count). The molecule has 122 valence electrons. The topological polar surface area (TPSA) is 21.7 Å². The standard InChI is InChI=1S/C20H25NO2/c1-16-9-11-18(12-10-16)23-20-8-4-3-7-19(20)22-15-13-17-6-5-14-21(17)2/h3-4,7-12,17H,5-6,13-15H2,1-2H3. The molecule has 1 saturated heterocycles. The van der Waals surface area contributed by atoms with E-state index in [2.05, 4.69) is 31.0 Å². The van der Waals surface area contributed by atoms with Crippen LogP contribution in [0.4, 0.5) is 0 Å². The van der Waals surface area contributed by atoms with Gasteiger partial charge >= 0.3 is 0 Å². The smallest absolute Gasteiger partial charge is 0.169 e. The van der Waals surface area contributed by atoms with Crippen molar-refractivity contribution in [3.63, 3.8) is 0 Å². The van der Waals surface area contributed by atoms with Crippen molar-refractivity contribution >= 4 is 0 Å². The second kappa shape index (κ2) is 7.51. The Morgan fingerprint density at radius 3 is 2.48 bits per heavy atom. The van der Waals surface area contributed by atoms with Gasteiger partial charge in [0.2, 0.25) is 0 Å². The van der Waals surface area contributed by atoms with Gasteiger partial charge in [0, 0.05) is 6.04 Å². The number of rotatable bonds is 6. The van der Waals surface area contributed by atoms with E-state index in [0.717, 1.165) is 30.3 Å². The molecule has 3 nitrogen and oxygen atoms in total.